The van der Waals surface area contributed by atoms with Gasteiger partial charge < -0.3 is 15.1 Å². The number of carbonyl (C=O) groups excluding carboxylic acids is 3. The molecule has 2 aliphatic rings. The van der Waals surface area contributed by atoms with Crippen molar-refractivity contribution in [1.82, 2.24) is 4.90 Å². The quantitative estimate of drug-likeness (QED) is 0.666. The number of rotatable bonds is 4. The van der Waals surface area contributed by atoms with Crippen molar-refractivity contribution in [1.29, 1.82) is 0 Å². The average Bonchev–Trinajstić information content (AvgIpc) is 2.99. The van der Waals surface area contributed by atoms with Gasteiger partial charge in [-0.25, -0.2) is 4.90 Å². The van der Waals surface area contributed by atoms with Gasteiger partial charge in [0.2, 0.25) is 0 Å². The van der Waals surface area contributed by atoms with E-state index in [9.17, 15) is 14.4 Å². The summed E-state index contributed by atoms with van der Waals surface area (Å²) >= 11 is 12.1. The van der Waals surface area contributed by atoms with E-state index >= 15 is 0 Å². The molecule has 0 unspecified atom stereocenters. The third-order valence-electron chi connectivity index (χ3n) is 5.76. The fraction of sp³-hybridized carbons (Fsp3) is 0.261. The van der Waals surface area contributed by atoms with Crippen LogP contribution in [0.3, 0.4) is 0 Å². The minimum atomic E-state index is -0.619. The number of nitrogens with zero attached hydrogens (tertiary/aromatic N) is 2. The van der Waals surface area contributed by atoms with Crippen molar-refractivity contribution in [2.45, 2.75) is 6.92 Å². The van der Waals surface area contributed by atoms with Gasteiger partial charge in [-0.3, -0.25) is 14.4 Å². The van der Waals surface area contributed by atoms with Gasteiger partial charge in [-0.05, 0) is 48.9 Å². The lowest BCUT2D eigenvalue weighted by molar-refractivity contribution is -0.883. The maximum Gasteiger partial charge on any atom is 0.283 e. The topological polar surface area (TPSA) is 74.2 Å². The van der Waals surface area contributed by atoms with Crippen LogP contribution in [0.2, 0.25) is 5.02 Å². The summed E-state index contributed by atoms with van der Waals surface area (Å²) in [6.45, 7) is 5.05. The van der Waals surface area contributed by atoms with Crippen LogP contribution in [0.1, 0.15) is 15.9 Å². The number of hydrogen-bond acceptors (Lipinski definition) is 4. The molecule has 2 N–H and O–H groups in total. The zero-order valence-electron chi connectivity index (χ0n) is 17.7. The van der Waals surface area contributed by atoms with Crippen LogP contribution in [0.25, 0.3) is 0 Å². The van der Waals surface area contributed by atoms with Gasteiger partial charge >= 0.3 is 0 Å². The highest BCUT2D eigenvalue weighted by Gasteiger charge is 2.39. The molecule has 0 saturated carbocycles. The van der Waals surface area contributed by atoms with E-state index < -0.39 is 11.8 Å². The van der Waals surface area contributed by atoms with Gasteiger partial charge in [-0.15, -0.1) is 0 Å². The Morgan fingerprint density at radius 2 is 1.66 bits per heavy atom. The Kier molecular flexibility index (Phi) is 6.24. The van der Waals surface area contributed by atoms with E-state index in [0.717, 1.165) is 23.6 Å². The smallest absolute Gasteiger partial charge is 0.283 e. The van der Waals surface area contributed by atoms with Crippen LogP contribution in [-0.2, 0) is 9.59 Å². The fourth-order valence-electron chi connectivity index (χ4n) is 3.73. The molecule has 1 saturated heterocycles. The van der Waals surface area contributed by atoms with Crippen LogP contribution < -0.4 is 15.1 Å². The number of carbonyl (C=O) groups is 3. The number of aryl methyl sites for hydroxylation is 1. The van der Waals surface area contributed by atoms with Crippen LogP contribution in [0.4, 0.5) is 11.4 Å². The predicted molar refractivity (Wildman–Crippen MR) is 124 cm³/mol. The lowest BCUT2D eigenvalue weighted by Gasteiger charge is -2.30. The summed E-state index contributed by atoms with van der Waals surface area (Å²) in [6, 6.07) is 11.6. The van der Waals surface area contributed by atoms with Gasteiger partial charge in [0.05, 0.1) is 38.9 Å². The third kappa shape index (κ3) is 4.24. The van der Waals surface area contributed by atoms with Gasteiger partial charge in [-0.1, -0.05) is 29.3 Å². The Morgan fingerprint density at radius 3 is 2.31 bits per heavy atom. The number of halogens is 2. The van der Waals surface area contributed by atoms with E-state index in [1.807, 2.05) is 17.9 Å². The zero-order valence-corrected chi connectivity index (χ0v) is 19.3. The van der Waals surface area contributed by atoms with E-state index in [2.05, 4.69) is 12.4 Å². The Hall–Kier alpha value is -2.87. The molecule has 2 heterocycles. The Labute approximate surface area is 196 Å². The first-order valence-electron chi connectivity index (χ1n) is 10.3. The molecule has 32 heavy (non-hydrogen) atoms. The minimum Gasteiger partial charge on any atom is -0.349 e. The highest BCUT2D eigenvalue weighted by molar-refractivity contribution is 6.53. The number of anilines is 2. The van der Waals surface area contributed by atoms with Crippen molar-refractivity contribution in [2.24, 2.45) is 0 Å². The van der Waals surface area contributed by atoms with E-state index in [1.165, 1.54) is 4.90 Å². The fourth-order valence-corrected chi connectivity index (χ4v) is 4.07. The molecule has 1 fully saturated rings. The highest BCUT2D eigenvalue weighted by atomic mass is 35.5. The summed E-state index contributed by atoms with van der Waals surface area (Å²) in [5.41, 5.74) is 2.22. The van der Waals surface area contributed by atoms with Crippen LogP contribution in [-0.4, -0.2) is 55.8 Å². The molecule has 3 amide bonds. The van der Waals surface area contributed by atoms with Crippen LogP contribution >= 0.6 is 23.2 Å². The second kappa shape index (κ2) is 8.94. The van der Waals surface area contributed by atoms with Crippen molar-refractivity contribution in [3.05, 3.63) is 69.3 Å². The van der Waals surface area contributed by atoms with Crippen LogP contribution in [0, 0.1) is 6.92 Å². The summed E-state index contributed by atoms with van der Waals surface area (Å²) in [4.78, 5) is 42.9. The van der Waals surface area contributed by atoms with Gasteiger partial charge in [-0.2, -0.15) is 0 Å². The molecule has 166 valence electrons. The normalized spacial score (nSPS) is 17.4. The van der Waals surface area contributed by atoms with E-state index in [4.69, 9.17) is 23.2 Å². The van der Waals surface area contributed by atoms with Crippen molar-refractivity contribution in [3.8, 4) is 0 Å². The molecular formula is C23H23Cl2N4O3+. The second-order valence-corrected chi connectivity index (χ2v) is 8.83. The van der Waals surface area contributed by atoms with Gasteiger partial charge in [0.1, 0.15) is 10.7 Å². The number of imide groups is 1. The van der Waals surface area contributed by atoms with Crippen molar-refractivity contribution < 1.29 is 19.3 Å². The molecule has 2 aromatic rings. The summed E-state index contributed by atoms with van der Waals surface area (Å²) < 4.78 is 0. The average molecular weight is 474 g/mol. The van der Waals surface area contributed by atoms with Gasteiger partial charge in [0.15, 0.2) is 0 Å². The molecule has 2 aromatic carbocycles. The highest BCUT2D eigenvalue weighted by Crippen LogP contribution is 2.31. The molecule has 7 nitrogen and oxygen atoms in total. The number of hydrogen-bond donors (Lipinski definition) is 2. The summed E-state index contributed by atoms with van der Waals surface area (Å²) in [5, 5.41) is 3.27. The molecule has 4 rings (SSSR count). The van der Waals surface area contributed by atoms with Crippen molar-refractivity contribution in [3.63, 3.8) is 0 Å². The summed E-state index contributed by atoms with van der Waals surface area (Å²) in [7, 11) is 2.11. The molecular weight excluding hydrogens is 451 g/mol. The van der Waals surface area contributed by atoms with Crippen LogP contribution in [0.5, 0.6) is 0 Å². The van der Waals surface area contributed by atoms with Crippen molar-refractivity contribution >= 4 is 52.3 Å². The first-order valence-corrected chi connectivity index (χ1v) is 11.0. The largest absolute Gasteiger partial charge is 0.349 e. The predicted octanol–water partition coefficient (Wildman–Crippen LogP) is 2.05. The van der Waals surface area contributed by atoms with E-state index in [0.29, 0.717) is 35.1 Å². The molecule has 2 aliphatic heterocycles. The third-order valence-corrected chi connectivity index (χ3v) is 6.36. The Morgan fingerprint density at radius 1 is 1.00 bits per heavy atom. The Balaban J connectivity index is 1.57. The van der Waals surface area contributed by atoms with Crippen molar-refractivity contribution in [2.75, 3.05) is 43.4 Å². The molecule has 9 heteroatoms. The molecule has 0 aliphatic carbocycles. The number of quaternary nitrogens is 1. The number of benzene rings is 2. The lowest BCUT2D eigenvalue weighted by atomic mass is 10.1. The summed E-state index contributed by atoms with van der Waals surface area (Å²) in [6.07, 6.45) is 0. The second-order valence-electron chi connectivity index (χ2n) is 8.02. The first-order chi connectivity index (χ1) is 15.3. The van der Waals surface area contributed by atoms with Gasteiger partial charge in [0.25, 0.3) is 17.7 Å². The monoisotopic (exact) mass is 473 g/mol. The number of nitrogens with one attached hydrogen (secondary N) is 2. The molecule has 0 aromatic heterocycles. The first kappa shape index (κ1) is 22.3. The van der Waals surface area contributed by atoms with Gasteiger partial charge in [0, 0.05) is 16.3 Å². The van der Waals surface area contributed by atoms with Crippen LogP contribution in [0.15, 0.2) is 53.2 Å². The minimum absolute atomic E-state index is 0.0255. The Bertz CT molecular complexity index is 1120. The number of likely N-dealkylation sites (N-methyl/N-ethyl adjacent to an activating group) is 1. The van der Waals surface area contributed by atoms with E-state index in [-0.39, 0.29) is 16.6 Å². The maximum absolute atomic E-state index is 13.0. The number of piperazine rings is 1. The number of amides is 3. The summed E-state index contributed by atoms with van der Waals surface area (Å²) in [5.74, 6) is -1.25. The lowest BCUT2D eigenvalue weighted by Crippen LogP contribution is -3.12. The van der Waals surface area contributed by atoms with E-state index in [1.54, 1.807) is 36.4 Å². The standard InChI is InChI=1S/C23H22Cl2N4O3/c1-14-3-4-15(21(30)28-11-9-27(2)10-12-28)13-18(14)26-20-19(25)22(31)29(23(20)32)17-7-5-16(24)6-8-17/h3-8,13,26H,9-12H2,1-2H3/p+1. The molecule has 0 spiro atoms. The molecule has 0 radical (unpaired) electrons. The SMILES string of the molecule is Cc1ccc(C(=O)N2CC[NH+](C)CC2)cc1NC1=C(Cl)C(=O)N(c2ccc(Cl)cc2)C1=O. The molecule has 0 atom stereocenters. The maximum atomic E-state index is 13.0. The zero-order chi connectivity index (χ0) is 23.0. The molecule has 0 bridgehead atoms.